The van der Waals surface area contributed by atoms with E-state index < -0.39 is 11.7 Å². The molecule has 11 heteroatoms. The number of anilines is 1. The molecule has 4 heterocycles. The molecule has 0 N–H and O–H groups in total. The summed E-state index contributed by atoms with van der Waals surface area (Å²) in [5.74, 6) is 1.49. The van der Waals surface area contributed by atoms with Crippen LogP contribution < -0.4 is 15.2 Å². The van der Waals surface area contributed by atoms with Gasteiger partial charge in [0.05, 0.1) is 30.3 Å². The summed E-state index contributed by atoms with van der Waals surface area (Å²) >= 11 is 0. The fourth-order valence-corrected chi connectivity index (χ4v) is 4.00. The molecule has 3 aromatic heterocycles. The lowest BCUT2D eigenvalue weighted by molar-refractivity contribution is -0.0935. The maximum absolute atomic E-state index is 13.1. The van der Waals surface area contributed by atoms with Gasteiger partial charge in [-0.15, -0.1) is 0 Å². The quantitative estimate of drug-likeness (QED) is 0.489. The highest BCUT2D eigenvalue weighted by atomic mass is 19.4. The molecular formula is C24H26F3N5O3. The molecule has 1 fully saturated rings. The van der Waals surface area contributed by atoms with E-state index in [1.165, 1.54) is 11.7 Å². The van der Waals surface area contributed by atoms with Crippen molar-refractivity contribution in [3.05, 3.63) is 64.0 Å². The minimum absolute atomic E-state index is 0.0853. The Morgan fingerprint density at radius 3 is 2.80 bits per heavy atom. The van der Waals surface area contributed by atoms with Gasteiger partial charge in [0.25, 0.3) is 5.56 Å². The Kier molecular flexibility index (Phi) is 6.79. The number of morpholine rings is 1. The van der Waals surface area contributed by atoms with Crippen molar-refractivity contribution in [2.24, 2.45) is 7.05 Å². The van der Waals surface area contributed by atoms with Crippen LogP contribution in [0.3, 0.4) is 0 Å². The number of hydrogen-bond acceptors (Lipinski definition) is 7. The van der Waals surface area contributed by atoms with Gasteiger partial charge in [-0.3, -0.25) is 9.36 Å². The summed E-state index contributed by atoms with van der Waals surface area (Å²) in [6, 6.07) is 5.35. The number of alkyl halides is 3. The molecule has 0 amide bonds. The largest absolute Gasteiger partial charge is 0.481 e. The normalized spacial score (nSPS) is 16.5. The Labute approximate surface area is 200 Å². The summed E-state index contributed by atoms with van der Waals surface area (Å²) in [7, 11) is 3.11. The number of pyridine rings is 2. The summed E-state index contributed by atoms with van der Waals surface area (Å²) in [4.78, 5) is 28.3. The van der Waals surface area contributed by atoms with Crippen LogP contribution in [0.2, 0.25) is 0 Å². The summed E-state index contributed by atoms with van der Waals surface area (Å²) < 4.78 is 51.7. The molecule has 1 aliphatic heterocycles. The smallest absolute Gasteiger partial charge is 0.412 e. The molecule has 8 nitrogen and oxygen atoms in total. The van der Waals surface area contributed by atoms with Crippen molar-refractivity contribution in [2.75, 3.05) is 31.7 Å². The lowest BCUT2D eigenvalue weighted by atomic mass is 10.1. The number of hydrogen-bond donors (Lipinski definition) is 0. The van der Waals surface area contributed by atoms with Crippen LogP contribution in [0.4, 0.5) is 19.0 Å². The Morgan fingerprint density at radius 2 is 2.09 bits per heavy atom. The zero-order valence-corrected chi connectivity index (χ0v) is 19.7. The molecule has 35 heavy (non-hydrogen) atoms. The van der Waals surface area contributed by atoms with Crippen molar-refractivity contribution < 1.29 is 22.6 Å². The van der Waals surface area contributed by atoms with E-state index in [-0.39, 0.29) is 35.6 Å². The second kappa shape index (κ2) is 9.65. The number of nitrogens with zero attached hydrogens (tertiary/aromatic N) is 5. The molecule has 1 atom stereocenters. The summed E-state index contributed by atoms with van der Waals surface area (Å²) in [5.41, 5.74) is 0.337. The topological polar surface area (TPSA) is 82.4 Å². The molecule has 3 aromatic rings. The van der Waals surface area contributed by atoms with Crippen LogP contribution in [-0.4, -0.2) is 52.5 Å². The number of halogens is 3. The number of fused-ring (bicyclic) bond motifs is 1. The van der Waals surface area contributed by atoms with Gasteiger partial charge < -0.3 is 14.4 Å². The molecule has 1 saturated heterocycles. The number of aromatic nitrogens is 4. The van der Waals surface area contributed by atoms with Gasteiger partial charge in [0.1, 0.15) is 17.7 Å². The number of rotatable bonds is 6. The van der Waals surface area contributed by atoms with Crippen LogP contribution in [-0.2, 0) is 18.2 Å². The minimum Gasteiger partial charge on any atom is -0.481 e. The Bertz CT molecular complexity index is 1320. The molecule has 0 saturated carbocycles. The van der Waals surface area contributed by atoms with Crippen LogP contribution in [0.5, 0.6) is 5.88 Å². The maximum atomic E-state index is 13.1. The first-order chi connectivity index (χ1) is 16.6. The summed E-state index contributed by atoms with van der Waals surface area (Å²) in [6.07, 6.45) is -3.60. The Hall–Kier alpha value is -3.47. The third kappa shape index (κ3) is 5.14. The van der Waals surface area contributed by atoms with E-state index in [9.17, 15) is 18.0 Å². The van der Waals surface area contributed by atoms with Gasteiger partial charge in [-0.1, -0.05) is 6.58 Å². The third-order valence-corrected chi connectivity index (χ3v) is 6.14. The molecule has 186 valence electrons. The molecule has 1 unspecified atom stereocenters. The van der Waals surface area contributed by atoms with E-state index in [1.54, 1.807) is 32.3 Å². The highest BCUT2D eigenvalue weighted by molar-refractivity contribution is 5.83. The van der Waals surface area contributed by atoms with Crippen LogP contribution in [0.1, 0.15) is 29.6 Å². The average molecular weight is 489 g/mol. The zero-order valence-electron chi connectivity index (χ0n) is 19.7. The molecule has 1 aliphatic rings. The maximum Gasteiger partial charge on any atom is 0.412 e. The number of aryl methyl sites for hydroxylation is 2. The second-order valence-electron chi connectivity index (χ2n) is 8.38. The van der Waals surface area contributed by atoms with Crippen molar-refractivity contribution in [2.45, 2.75) is 32.0 Å². The highest BCUT2D eigenvalue weighted by Gasteiger charge is 2.32. The van der Waals surface area contributed by atoms with E-state index in [2.05, 4.69) is 21.5 Å². The average Bonchev–Trinajstić information content (AvgIpc) is 2.84. The van der Waals surface area contributed by atoms with E-state index in [0.29, 0.717) is 42.7 Å². The first-order valence-electron chi connectivity index (χ1n) is 11.1. The third-order valence-electron chi connectivity index (χ3n) is 6.14. The van der Waals surface area contributed by atoms with Gasteiger partial charge in [0.2, 0.25) is 5.88 Å². The number of allylic oxidation sites excluding steroid dienone is 1. The van der Waals surface area contributed by atoms with Crippen LogP contribution in [0.25, 0.3) is 10.9 Å². The minimum atomic E-state index is -4.50. The summed E-state index contributed by atoms with van der Waals surface area (Å²) in [6.45, 7) is 6.24. The van der Waals surface area contributed by atoms with E-state index in [4.69, 9.17) is 9.47 Å². The monoisotopic (exact) mass is 489 g/mol. The molecule has 0 bridgehead atoms. The molecule has 0 aliphatic carbocycles. The van der Waals surface area contributed by atoms with Gasteiger partial charge in [0, 0.05) is 44.0 Å². The predicted molar refractivity (Wildman–Crippen MR) is 125 cm³/mol. The fourth-order valence-electron chi connectivity index (χ4n) is 4.00. The number of ether oxygens (including phenoxy) is 2. The molecule has 0 aromatic carbocycles. The first-order valence-corrected chi connectivity index (χ1v) is 11.1. The standard InChI is InChI=1S/C24H26F3N5O3/c1-14(24(25,26)27)5-6-17-22-18(29-15(2)31(3)23(22)33)12-20(30-17)32-9-10-35-19(13-32)16-7-8-28-21(11-16)34-4/h7-8,11-12,19H,1,5-6,9-10,13H2,2-4H3. The van der Waals surface area contributed by atoms with E-state index >= 15 is 0 Å². The SMILES string of the molecule is C=C(CCc1nc(N2CCOC(c3ccnc(OC)c3)C2)cc2nc(C)n(C)c(=O)c12)C(F)(F)F. The van der Waals surface area contributed by atoms with Crippen molar-refractivity contribution in [1.29, 1.82) is 0 Å². The lowest BCUT2D eigenvalue weighted by Crippen LogP contribution is -2.39. The van der Waals surface area contributed by atoms with E-state index in [0.717, 1.165) is 5.56 Å². The number of methoxy groups -OCH3 is 1. The molecule has 0 radical (unpaired) electrons. The fraction of sp³-hybridized carbons (Fsp3) is 0.417. The van der Waals surface area contributed by atoms with Gasteiger partial charge in [-0.25, -0.2) is 15.0 Å². The lowest BCUT2D eigenvalue weighted by Gasteiger charge is -2.34. The molecular weight excluding hydrogens is 463 g/mol. The van der Waals surface area contributed by atoms with Crippen molar-refractivity contribution >= 4 is 16.7 Å². The van der Waals surface area contributed by atoms with Crippen LogP contribution >= 0.6 is 0 Å². The Morgan fingerprint density at radius 1 is 1.31 bits per heavy atom. The van der Waals surface area contributed by atoms with Gasteiger partial charge in [0.15, 0.2) is 0 Å². The van der Waals surface area contributed by atoms with Crippen LogP contribution in [0.15, 0.2) is 41.3 Å². The van der Waals surface area contributed by atoms with Crippen LogP contribution in [0, 0.1) is 6.92 Å². The second-order valence-corrected chi connectivity index (χ2v) is 8.38. The predicted octanol–water partition coefficient (Wildman–Crippen LogP) is 3.67. The van der Waals surface area contributed by atoms with Crippen molar-refractivity contribution in [1.82, 2.24) is 19.5 Å². The summed E-state index contributed by atoms with van der Waals surface area (Å²) in [5, 5.41) is 0.223. The van der Waals surface area contributed by atoms with Crippen molar-refractivity contribution in [3.63, 3.8) is 0 Å². The molecule has 4 rings (SSSR count). The van der Waals surface area contributed by atoms with E-state index in [1.807, 2.05) is 11.0 Å². The molecule has 0 spiro atoms. The van der Waals surface area contributed by atoms with Crippen molar-refractivity contribution in [3.8, 4) is 5.88 Å². The van der Waals surface area contributed by atoms with Gasteiger partial charge in [-0.05, 0) is 31.4 Å². The highest BCUT2D eigenvalue weighted by Crippen LogP contribution is 2.31. The Balaban J connectivity index is 1.72. The van der Waals surface area contributed by atoms with Gasteiger partial charge in [-0.2, -0.15) is 13.2 Å². The zero-order chi connectivity index (χ0) is 25.3. The first kappa shape index (κ1) is 24.6. The van der Waals surface area contributed by atoms with Gasteiger partial charge >= 0.3 is 6.18 Å².